The monoisotopic (exact) mass is 717 g/mol. The highest BCUT2D eigenvalue weighted by atomic mass is 16.3. The van der Waals surface area contributed by atoms with Crippen LogP contribution >= 0.6 is 0 Å². The van der Waals surface area contributed by atoms with Crippen LogP contribution in [0.25, 0.3) is 44.2 Å². The van der Waals surface area contributed by atoms with Gasteiger partial charge in [-0.05, 0) is 81.6 Å². The highest BCUT2D eigenvalue weighted by Crippen LogP contribution is 2.61. The molecule has 1 aromatic heterocycles. The van der Waals surface area contributed by atoms with Crippen LogP contribution < -0.4 is 4.90 Å². The van der Waals surface area contributed by atoms with E-state index in [1.54, 1.807) is 0 Å². The summed E-state index contributed by atoms with van der Waals surface area (Å²) in [6.07, 6.45) is 4.92. The van der Waals surface area contributed by atoms with Crippen molar-refractivity contribution in [1.82, 2.24) is 0 Å². The number of benzene rings is 8. The largest absolute Gasteiger partial charge is 0.453 e. The van der Waals surface area contributed by atoms with Crippen molar-refractivity contribution in [3.05, 3.63) is 221 Å². The van der Waals surface area contributed by atoms with Gasteiger partial charge in [0.05, 0.1) is 16.8 Å². The lowest BCUT2D eigenvalue weighted by molar-refractivity contribution is 0.550. The Morgan fingerprint density at radius 2 is 0.911 bits per heavy atom. The van der Waals surface area contributed by atoms with Gasteiger partial charge in [0.25, 0.3) is 0 Å². The molecule has 1 spiro atoms. The van der Waals surface area contributed by atoms with E-state index in [2.05, 4.69) is 193 Å². The molecule has 8 aromatic carbocycles. The molecule has 3 aliphatic rings. The van der Waals surface area contributed by atoms with Gasteiger partial charge in [0.2, 0.25) is 0 Å². The highest BCUT2D eigenvalue weighted by molar-refractivity contribution is 6.12. The molecule has 0 saturated heterocycles. The first-order valence-electron chi connectivity index (χ1n) is 20.1. The maximum absolute atomic E-state index is 7.47. The van der Waals surface area contributed by atoms with Gasteiger partial charge in [0.1, 0.15) is 5.58 Å². The van der Waals surface area contributed by atoms with Crippen molar-refractivity contribution in [2.24, 2.45) is 0 Å². The van der Waals surface area contributed by atoms with Gasteiger partial charge < -0.3 is 9.32 Å². The lowest BCUT2D eigenvalue weighted by Gasteiger charge is -2.33. The number of rotatable bonds is 5. The van der Waals surface area contributed by atoms with Crippen LogP contribution in [0.15, 0.2) is 192 Å². The minimum absolute atomic E-state index is 0.0736. The van der Waals surface area contributed by atoms with Gasteiger partial charge in [-0.2, -0.15) is 0 Å². The Labute approximate surface area is 327 Å². The van der Waals surface area contributed by atoms with Crippen LogP contribution in [0.2, 0.25) is 0 Å². The van der Waals surface area contributed by atoms with E-state index in [0.29, 0.717) is 0 Å². The Morgan fingerprint density at radius 1 is 0.393 bits per heavy atom. The third-order valence-electron chi connectivity index (χ3n) is 13.3. The van der Waals surface area contributed by atoms with Gasteiger partial charge >= 0.3 is 0 Å². The first-order valence-corrected chi connectivity index (χ1v) is 20.1. The van der Waals surface area contributed by atoms with Gasteiger partial charge in [0.15, 0.2) is 5.58 Å². The summed E-state index contributed by atoms with van der Waals surface area (Å²) in [5.74, 6) is 0. The first-order chi connectivity index (χ1) is 27.8. The molecule has 2 nitrogen and oxygen atoms in total. The van der Waals surface area contributed by atoms with Crippen LogP contribution in [0.4, 0.5) is 17.1 Å². The van der Waals surface area contributed by atoms with E-state index < -0.39 is 5.41 Å². The van der Waals surface area contributed by atoms with Crippen LogP contribution in [0.3, 0.4) is 0 Å². The fraction of sp³-hybridized carbons (Fsp3) is 0.111. The summed E-state index contributed by atoms with van der Waals surface area (Å²) in [6.45, 7) is 0. The average Bonchev–Trinajstić information content (AvgIpc) is 4.04. The summed E-state index contributed by atoms with van der Waals surface area (Å²) < 4.78 is 7.47. The van der Waals surface area contributed by atoms with Gasteiger partial charge in [-0.1, -0.05) is 177 Å². The number of hydrogen-bond donors (Lipinski definition) is 0. The second-order valence-corrected chi connectivity index (χ2v) is 15.9. The lowest BCUT2D eigenvalue weighted by atomic mass is 9.67. The smallest absolute Gasteiger partial charge is 0.159 e. The van der Waals surface area contributed by atoms with Crippen molar-refractivity contribution in [3.63, 3.8) is 0 Å². The summed E-state index contributed by atoms with van der Waals surface area (Å²) in [4.78, 5) is 2.46. The maximum Gasteiger partial charge on any atom is 0.159 e. The van der Waals surface area contributed by atoms with E-state index in [9.17, 15) is 0 Å². The van der Waals surface area contributed by atoms with Gasteiger partial charge in [-0.3, -0.25) is 0 Å². The minimum atomic E-state index is -0.569. The number of nitrogens with zero attached hydrogens (tertiary/aromatic N) is 1. The molecular formula is C54H39NO. The van der Waals surface area contributed by atoms with E-state index in [1.807, 2.05) is 0 Å². The molecule has 1 saturated carbocycles. The van der Waals surface area contributed by atoms with Crippen molar-refractivity contribution in [2.45, 2.75) is 36.5 Å². The number of hydrogen-bond acceptors (Lipinski definition) is 2. The summed E-state index contributed by atoms with van der Waals surface area (Å²) in [5, 5.41) is 2.24. The molecule has 56 heavy (non-hydrogen) atoms. The molecule has 0 bridgehead atoms. The zero-order valence-corrected chi connectivity index (χ0v) is 31.1. The predicted octanol–water partition coefficient (Wildman–Crippen LogP) is 14.3. The molecule has 0 N–H and O–H groups in total. The normalized spacial score (nSPS) is 15.5. The summed E-state index contributed by atoms with van der Waals surface area (Å²) >= 11 is 0. The van der Waals surface area contributed by atoms with E-state index >= 15 is 0 Å². The maximum atomic E-state index is 7.47. The Balaban J connectivity index is 1.16. The number of para-hydroxylation sites is 3. The number of fused-ring (bicyclic) bond motifs is 11. The molecular weight excluding hydrogens is 679 g/mol. The van der Waals surface area contributed by atoms with Crippen molar-refractivity contribution >= 4 is 39.0 Å². The second kappa shape index (κ2) is 11.9. The molecule has 12 rings (SSSR count). The average molecular weight is 718 g/mol. The van der Waals surface area contributed by atoms with Crippen LogP contribution in [0.5, 0.6) is 0 Å². The second-order valence-electron chi connectivity index (χ2n) is 15.9. The molecule has 2 heteroatoms. The quantitative estimate of drug-likeness (QED) is 0.176. The fourth-order valence-electron chi connectivity index (χ4n) is 11.1. The van der Waals surface area contributed by atoms with E-state index in [0.717, 1.165) is 38.9 Å². The Hall–Kier alpha value is -6.64. The third-order valence-corrected chi connectivity index (χ3v) is 13.3. The standard InChI is InChI=1S/C54H39NO/c1-3-18-36(19-4-1)54(44-28-11-7-22-38(44)39-23-8-12-29-45(39)54)47-31-15-25-40-41-26-16-33-49(52(41)56-51(40)47)55(37-20-5-2-6-21-37)48-32-17-30-46-50(48)42-24-9-10-27-43(42)53(46)34-13-14-35-53/h1-12,15-33H,13-14,34-35H2. The molecule has 3 aliphatic carbocycles. The Kier molecular flexibility index (Phi) is 6.75. The van der Waals surface area contributed by atoms with Crippen LogP contribution in [0, 0.1) is 0 Å². The van der Waals surface area contributed by atoms with Crippen molar-refractivity contribution < 1.29 is 4.42 Å². The van der Waals surface area contributed by atoms with Crippen LogP contribution in [0.1, 0.15) is 59.1 Å². The molecule has 1 fully saturated rings. The molecule has 1 heterocycles. The third kappa shape index (κ3) is 4.11. The SMILES string of the molecule is c1ccc(N(c2cccc3c2-c2ccccc2C32CCCC2)c2cccc3c2oc2c(C4(c5ccccc5)c5ccccc5-c5ccccc54)cccc23)cc1. The summed E-state index contributed by atoms with van der Waals surface area (Å²) in [6, 6.07) is 69.4. The first kappa shape index (κ1) is 31.7. The van der Waals surface area contributed by atoms with Crippen molar-refractivity contribution in [1.29, 1.82) is 0 Å². The van der Waals surface area contributed by atoms with Gasteiger partial charge in [0, 0.05) is 33.0 Å². The fourth-order valence-corrected chi connectivity index (χ4v) is 11.1. The number of furan rings is 1. The molecule has 0 amide bonds. The van der Waals surface area contributed by atoms with E-state index in [1.165, 1.54) is 81.4 Å². The van der Waals surface area contributed by atoms with Crippen molar-refractivity contribution in [3.8, 4) is 22.3 Å². The topological polar surface area (TPSA) is 16.4 Å². The van der Waals surface area contributed by atoms with Gasteiger partial charge in [-0.25, -0.2) is 0 Å². The van der Waals surface area contributed by atoms with Crippen LogP contribution in [-0.2, 0) is 10.8 Å². The zero-order valence-electron chi connectivity index (χ0n) is 31.1. The highest BCUT2D eigenvalue weighted by Gasteiger charge is 2.48. The van der Waals surface area contributed by atoms with Gasteiger partial charge in [-0.15, -0.1) is 0 Å². The zero-order chi connectivity index (χ0) is 36.8. The predicted molar refractivity (Wildman–Crippen MR) is 230 cm³/mol. The molecule has 0 atom stereocenters. The Morgan fingerprint density at radius 3 is 1.62 bits per heavy atom. The minimum Gasteiger partial charge on any atom is -0.453 e. The molecule has 266 valence electrons. The van der Waals surface area contributed by atoms with Crippen LogP contribution in [-0.4, -0.2) is 0 Å². The molecule has 0 radical (unpaired) electrons. The lowest BCUT2D eigenvalue weighted by Crippen LogP contribution is -2.28. The Bertz CT molecular complexity index is 2940. The molecule has 9 aromatic rings. The van der Waals surface area contributed by atoms with E-state index in [-0.39, 0.29) is 5.41 Å². The molecule has 0 aliphatic heterocycles. The van der Waals surface area contributed by atoms with E-state index in [4.69, 9.17) is 4.42 Å². The summed E-state index contributed by atoms with van der Waals surface area (Å²) in [5.41, 5.74) is 17.8. The number of anilines is 3. The summed E-state index contributed by atoms with van der Waals surface area (Å²) in [7, 11) is 0. The van der Waals surface area contributed by atoms with Crippen molar-refractivity contribution in [2.75, 3.05) is 4.90 Å². The molecule has 0 unspecified atom stereocenters.